The summed E-state index contributed by atoms with van der Waals surface area (Å²) in [4.78, 5) is 12.6. The molecule has 1 amide bonds. The largest absolute Gasteiger partial charge is 0.416 e. The van der Waals surface area contributed by atoms with Gasteiger partial charge >= 0.3 is 12.4 Å². The van der Waals surface area contributed by atoms with Crippen molar-refractivity contribution in [3.8, 4) is 0 Å². The van der Waals surface area contributed by atoms with E-state index in [0.717, 1.165) is 0 Å². The van der Waals surface area contributed by atoms with Gasteiger partial charge in [-0.1, -0.05) is 0 Å². The second kappa shape index (κ2) is 7.24. The third-order valence-corrected chi connectivity index (χ3v) is 2.99. The van der Waals surface area contributed by atoms with Crippen LogP contribution in [0.4, 0.5) is 32.0 Å². The maximum Gasteiger partial charge on any atom is 0.416 e. The minimum absolute atomic E-state index is 0.0111. The molecule has 0 aromatic heterocycles. The van der Waals surface area contributed by atoms with Crippen LogP contribution in [0.1, 0.15) is 11.1 Å². The molecule has 0 aliphatic rings. The fraction of sp³-hybridized carbons (Fsp3) is 0.385. The molecule has 1 aromatic rings. The number of rotatable bonds is 3. The summed E-state index contributed by atoms with van der Waals surface area (Å²) < 4.78 is 76.3. The Morgan fingerprint density at radius 1 is 1.04 bits per heavy atom. The fourth-order valence-electron chi connectivity index (χ4n) is 1.52. The van der Waals surface area contributed by atoms with Crippen LogP contribution in [-0.2, 0) is 17.1 Å². The number of nitrogens with zero attached hydrogens (tertiary/aromatic N) is 1. The number of nitrogens with one attached hydrogen (secondary N) is 2. The van der Waals surface area contributed by atoms with Crippen molar-refractivity contribution in [2.75, 3.05) is 26.0 Å². The van der Waals surface area contributed by atoms with Crippen molar-refractivity contribution in [2.24, 2.45) is 0 Å². The van der Waals surface area contributed by atoms with Gasteiger partial charge in [-0.15, -0.1) is 0 Å². The average molecular weight is 373 g/mol. The summed E-state index contributed by atoms with van der Waals surface area (Å²) >= 11 is 4.76. The molecule has 1 rings (SSSR count). The number of benzene rings is 1. The number of hydrogen-bond acceptors (Lipinski definition) is 2. The average Bonchev–Trinajstić information content (AvgIpc) is 2.42. The van der Waals surface area contributed by atoms with E-state index < -0.39 is 29.2 Å². The fourth-order valence-corrected chi connectivity index (χ4v) is 1.71. The Labute approximate surface area is 138 Å². The monoisotopic (exact) mass is 373 g/mol. The van der Waals surface area contributed by atoms with Crippen molar-refractivity contribution < 1.29 is 31.1 Å². The van der Waals surface area contributed by atoms with Crippen LogP contribution in [0.2, 0.25) is 0 Å². The smallest absolute Gasteiger partial charge is 0.353 e. The molecule has 4 nitrogen and oxygen atoms in total. The summed E-state index contributed by atoms with van der Waals surface area (Å²) in [6.45, 7) is -0.260. The molecule has 0 saturated carbocycles. The molecule has 0 saturated heterocycles. The van der Waals surface area contributed by atoms with Crippen molar-refractivity contribution in [1.29, 1.82) is 0 Å². The van der Waals surface area contributed by atoms with Gasteiger partial charge in [-0.25, -0.2) is 0 Å². The molecular weight excluding hydrogens is 360 g/mol. The highest BCUT2D eigenvalue weighted by molar-refractivity contribution is 7.80. The van der Waals surface area contributed by atoms with Crippen molar-refractivity contribution >= 4 is 28.9 Å². The minimum atomic E-state index is -4.95. The topological polar surface area (TPSA) is 44.4 Å². The van der Waals surface area contributed by atoms with Crippen molar-refractivity contribution in [2.45, 2.75) is 12.4 Å². The van der Waals surface area contributed by atoms with Crippen molar-refractivity contribution in [1.82, 2.24) is 10.2 Å². The SMILES string of the molecule is CN(C)C(=O)CNC(=S)Nc1cc(C(F)(F)F)cc(C(F)(F)F)c1. The van der Waals surface area contributed by atoms with Crippen LogP contribution in [0, 0.1) is 0 Å². The Morgan fingerprint density at radius 3 is 1.88 bits per heavy atom. The Balaban J connectivity index is 2.98. The summed E-state index contributed by atoms with van der Waals surface area (Å²) in [6, 6.07) is 1.01. The second-order valence-corrected chi connectivity index (χ2v) is 5.30. The number of alkyl halides is 6. The zero-order valence-corrected chi connectivity index (χ0v) is 13.3. The summed E-state index contributed by atoms with van der Waals surface area (Å²) in [5.41, 5.74) is -3.43. The van der Waals surface area contributed by atoms with Crippen LogP contribution >= 0.6 is 12.2 Å². The molecule has 0 unspecified atom stereocenters. The molecule has 0 radical (unpaired) electrons. The maximum atomic E-state index is 12.7. The van der Waals surface area contributed by atoms with Gasteiger partial charge in [-0.05, 0) is 30.4 Å². The molecule has 1 aromatic carbocycles. The number of amides is 1. The zero-order valence-electron chi connectivity index (χ0n) is 12.5. The molecule has 2 N–H and O–H groups in total. The standard InChI is InChI=1S/C13H13F6N3OS/c1-22(2)10(23)6-20-11(24)21-9-4-7(12(14,15)16)3-8(5-9)13(17,18)19/h3-5H,6H2,1-2H3,(H2,20,21,24). The Hall–Kier alpha value is -2.04. The van der Waals surface area contributed by atoms with Crippen LogP contribution in [0.25, 0.3) is 0 Å². The number of halogens is 6. The van der Waals surface area contributed by atoms with Gasteiger partial charge < -0.3 is 15.5 Å². The van der Waals surface area contributed by atoms with E-state index in [0.29, 0.717) is 12.1 Å². The molecule has 0 aliphatic carbocycles. The highest BCUT2D eigenvalue weighted by Gasteiger charge is 2.37. The minimum Gasteiger partial charge on any atom is -0.353 e. The second-order valence-electron chi connectivity index (χ2n) is 4.89. The number of carbonyl (C=O) groups is 1. The Morgan fingerprint density at radius 2 is 1.50 bits per heavy atom. The van der Waals surface area contributed by atoms with Gasteiger partial charge in [-0.2, -0.15) is 26.3 Å². The van der Waals surface area contributed by atoms with Crippen molar-refractivity contribution in [3.63, 3.8) is 0 Å². The zero-order chi connectivity index (χ0) is 18.7. The van der Waals surface area contributed by atoms with E-state index in [9.17, 15) is 31.1 Å². The molecule has 0 bridgehead atoms. The number of carbonyl (C=O) groups excluding carboxylic acids is 1. The van der Waals surface area contributed by atoms with E-state index >= 15 is 0 Å². The predicted octanol–water partition coefficient (Wildman–Crippen LogP) is 3.10. The first kappa shape index (κ1) is 20.0. The summed E-state index contributed by atoms with van der Waals surface area (Å²) in [5.74, 6) is -0.376. The quantitative estimate of drug-likeness (QED) is 0.631. The molecular formula is C13H13F6N3OS. The summed E-state index contributed by atoms with van der Waals surface area (Å²) in [5, 5.41) is 4.33. The maximum absolute atomic E-state index is 12.7. The number of hydrogen-bond donors (Lipinski definition) is 2. The lowest BCUT2D eigenvalue weighted by molar-refractivity contribution is -0.143. The van der Waals surface area contributed by atoms with Gasteiger partial charge in [0.05, 0.1) is 17.7 Å². The van der Waals surface area contributed by atoms with E-state index in [4.69, 9.17) is 12.2 Å². The van der Waals surface area contributed by atoms with Gasteiger partial charge in [0.25, 0.3) is 0 Å². The molecule has 24 heavy (non-hydrogen) atoms. The lowest BCUT2D eigenvalue weighted by atomic mass is 10.1. The first-order valence-corrected chi connectivity index (χ1v) is 6.76. The highest BCUT2D eigenvalue weighted by Crippen LogP contribution is 2.37. The predicted molar refractivity (Wildman–Crippen MR) is 79.4 cm³/mol. The lowest BCUT2D eigenvalue weighted by Gasteiger charge is -2.16. The van der Waals surface area contributed by atoms with E-state index in [1.807, 2.05) is 0 Å². The Kier molecular flexibility index (Phi) is 6.04. The van der Waals surface area contributed by atoms with Gasteiger partial charge in [0.15, 0.2) is 5.11 Å². The molecule has 0 atom stereocenters. The van der Waals surface area contributed by atoms with E-state index in [-0.39, 0.29) is 23.6 Å². The lowest BCUT2D eigenvalue weighted by Crippen LogP contribution is -2.38. The summed E-state index contributed by atoms with van der Waals surface area (Å²) in [7, 11) is 2.95. The first-order valence-electron chi connectivity index (χ1n) is 6.35. The Bertz CT molecular complexity index is 595. The first-order chi connectivity index (χ1) is 10.8. The third kappa shape index (κ3) is 5.87. The normalized spacial score (nSPS) is 11.8. The van der Waals surface area contributed by atoms with Crippen molar-refractivity contribution in [3.05, 3.63) is 29.3 Å². The number of likely N-dealkylation sites (N-methyl/N-ethyl adjacent to an activating group) is 1. The van der Waals surface area contributed by atoms with Crippen LogP contribution < -0.4 is 10.6 Å². The molecule has 11 heteroatoms. The van der Waals surface area contributed by atoms with Crippen LogP contribution in [0.3, 0.4) is 0 Å². The van der Waals surface area contributed by atoms with Crippen LogP contribution in [0.15, 0.2) is 18.2 Å². The molecule has 134 valence electrons. The highest BCUT2D eigenvalue weighted by atomic mass is 32.1. The third-order valence-electron chi connectivity index (χ3n) is 2.74. The van der Waals surface area contributed by atoms with Gasteiger partial charge in [0.1, 0.15) is 0 Å². The number of anilines is 1. The van der Waals surface area contributed by atoms with E-state index in [2.05, 4.69) is 10.6 Å². The van der Waals surface area contributed by atoms with Crippen LogP contribution in [-0.4, -0.2) is 36.6 Å². The van der Waals surface area contributed by atoms with E-state index in [1.54, 1.807) is 0 Å². The van der Waals surface area contributed by atoms with Gasteiger partial charge in [0.2, 0.25) is 5.91 Å². The van der Waals surface area contributed by atoms with Gasteiger partial charge in [-0.3, -0.25) is 4.79 Å². The molecule has 0 fully saturated rings. The number of thiocarbonyl (C=S) groups is 1. The van der Waals surface area contributed by atoms with Gasteiger partial charge in [0, 0.05) is 19.8 Å². The molecule has 0 heterocycles. The molecule has 0 spiro atoms. The summed E-state index contributed by atoms with van der Waals surface area (Å²) in [6.07, 6.45) is -9.90. The van der Waals surface area contributed by atoms with Crippen LogP contribution in [0.5, 0.6) is 0 Å². The van der Waals surface area contributed by atoms with E-state index in [1.165, 1.54) is 19.0 Å². The molecule has 0 aliphatic heterocycles.